The molecule has 0 radical (unpaired) electrons. The molecule has 0 aliphatic rings. The van der Waals surface area contributed by atoms with E-state index in [1.54, 1.807) is 10.9 Å². The highest BCUT2D eigenvalue weighted by Gasteiger charge is 2.13. The molecule has 1 amide bonds. The molecule has 21 heavy (non-hydrogen) atoms. The molecular weight excluding hydrogens is 276 g/mol. The number of carbonyl (C=O) groups is 1. The number of nitrogens with one attached hydrogen (secondary N) is 1. The van der Waals surface area contributed by atoms with Gasteiger partial charge in [-0.3, -0.25) is 9.48 Å². The van der Waals surface area contributed by atoms with Crippen LogP contribution in [-0.2, 0) is 17.9 Å². The fourth-order valence-corrected chi connectivity index (χ4v) is 1.89. The van der Waals surface area contributed by atoms with Gasteiger partial charge in [-0.2, -0.15) is 9.78 Å². The number of nitro groups is 1. The molecule has 0 aliphatic heterocycles. The van der Waals surface area contributed by atoms with Crippen molar-refractivity contribution in [3.63, 3.8) is 0 Å². The van der Waals surface area contributed by atoms with Crippen LogP contribution in [-0.4, -0.2) is 30.4 Å². The quantitative estimate of drug-likeness (QED) is 0.638. The van der Waals surface area contributed by atoms with E-state index in [4.69, 9.17) is 0 Å². The van der Waals surface area contributed by atoms with Crippen LogP contribution >= 0.6 is 0 Å². The molecule has 0 saturated heterocycles. The Kier molecular flexibility index (Phi) is 4.31. The summed E-state index contributed by atoms with van der Waals surface area (Å²) in [5, 5.41) is 21.2. The van der Waals surface area contributed by atoms with Crippen molar-refractivity contribution in [3.8, 4) is 0 Å². The zero-order valence-corrected chi connectivity index (χ0v) is 11.8. The lowest BCUT2D eigenvalue weighted by molar-refractivity contribution is -0.389. The van der Waals surface area contributed by atoms with Crippen LogP contribution in [0.25, 0.3) is 0 Å². The molecule has 9 heteroatoms. The first-order valence-corrected chi connectivity index (χ1v) is 6.51. The molecule has 0 aromatic carbocycles. The summed E-state index contributed by atoms with van der Waals surface area (Å²) in [6.07, 6.45) is 3.26. The smallest absolute Gasteiger partial charge is 0.358 e. The van der Waals surface area contributed by atoms with E-state index in [-0.39, 0.29) is 24.7 Å². The maximum absolute atomic E-state index is 11.9. The minimum atomic E-state index is -0.570. The normalized spacial score (nSPS) is 10.6. The van der Waals surface area contributed by atoms with Crippen molar-refractivity contribution in [3.05, 3.63) is 34.3 Å². The molecule has 0 atom stereocenters. The Bertz CT molecular complexity index is 660. The van der Waals surface area contributed by atoms with E-state index in [1.807, 2.05) is 13.8 Å². The average Bonchev–Trinajstić information content (AvgIpc) is 3.05. The van der Waals surface area contributed by atoms with Gasteiger partial charge in [-0.25, -0.2) is 0 Å². The molecule has 0 spiro atoms. The Morgan fingerprint density at radius 2 is 2.29 bits per heavy atom. The summed E-state index contributed by atoms with van der Waals surface area (Å²) in [7, 11) is 0. The van der Waals surface area contributed by atoms with Gasteiger partial charge < -0.3 is 15.4 Å². The second-order valence-electron chi connectivity index (χ2n) is 4.45. The highest BCUT2D eigenvalue weighted by atomic mass is 16.6. The molecule has 0 bridgehead atoms. The standard InChI is InChI=1S/C12H16N6O3/c1-3-17-9(2)10(8-13-17)14-12(19)5-7-16-6-4-11(15-16)18(20)21/h4,6,8H,3,5,7H2,1-2H3,(H,14,19). The first-order chi connectivity index (χ1) is 10.0. The summed E-state index contributed by atoms with van der Waals surface area (Å²) in [6, 6.07) is 1.30. The predicted molar refractivity (Wildman–Crippen MR) is 74.8 cm³/mol. The van der Waals surface area contributed by atoms with Gasteiger partial charge in [0.25, 0.3) is 0 Å². The zero-order valence-electron chi connectivity index (χ0n) is 11.8. The number of anilines is 1. The summed E-state index contributed by atoms with van der Waals surface area (Å²) in [6.45, 7) is 4.86. The molecular formula is C12H16N6O3. The third kappa shape index (κ3) is 3.44. The second-order valence-corrected chi connectivity index (χ2v) is 4.45. The average molecular weight is 292 g/mol. The van der Waals surface area contributed by atoms with E-state index in [0.29, 0.717) is 5.69 Å². The number of carbonyl (C=O) groups excluding carboxylic acids is 1. The maximum atomic E-state index is 11.9. The van der Waals surface area contributed by atoms with Crippen molar-refractivity contribution in [1.29, 1.82) is 0 Å². The number of rotatable bonds is 6. The lowest BCUT2D eigenvalue weighted by Crippen LogP contribution is -2.15. The van der Waals surface area contributed by atoms with Crippen molar-refractivity contribution in [1.82, 2.24) is 19.6 Å². The predicted octanol–water partition coefficient (Wildman–Crippen LogP) is 1.34. The van der Waals surface area contributed by atoms with Crippen molar-refractivity contribution in [2.24, 2.45) is 0 Å². The van der Waals surface area contributed by atoms with Crippen LogP contribution < -0.4 is 5.32 Å². The zero-order chi connectivity index (χ0) is 15.4. The Morgan fingerprint density at radius 1 is 1.52 bits per heavy atom. The van der Waals surface area contributed by atoms with Crippen molar-refractivity contribution in [2.75, 3.05) is 5.32 Å². The Morgan fingerprint density at radius 3 is 2.86 bits per heavy atom. The Hall–Kier alpha value is -2.71. The Balaban J connectivity index is 1.89. The van der Waals surface area contributed by atoms with Gasteiger partial charge in [-0.05, 0) is 18.8 Å². The monoisotopic (exact) mass is 292 g/mol. The number of aromatic nitrogens is 4. The fraction of sp³-hybridized carbons (Fsp3) is 0.417. The SMILES string of the molecule is CCn1ncc(NC(=O)CCn2ccc([N+](=O)[O-])n2)c1C. The van der Waals surface area contributed by atoms with Crippen LogP contribution in [0.2, 0.25) is 0 Å². The van der Waals surface area contributed by atoms with E-state index >= 15 is 0 Å². The summed E-state index contributed by atoms with van der Waals surface area (Å²) in [4.78, 5) is 21.8. The van der Waals surface area contributed by atoms with E-state index in [9.17, 15) is 14.9 Å². The molecule has 0 fully saturated rings. The van der Waals surface area contributed by atoms with E-state index < -0.39 is 4.92 Å². The third-order valence-electron chi connectivity index (χ3n) is 3.06. The maximum Gasteiger partial charge on any atom is 0.389 e. The van der Waals surface area contributed by atoms with Crippen molar-refractivity contribution < 1.29 is 9.72 Å². The minimum absolute atomic E-state index is 0.176. The molecule has 0 saturated carbocycles. The lowest BCUT2D eigenvalue weighted by Gasteiger charge is -2.04. The largest absolute Gasteiger partial charge is 0.389 e. The molecule has 0 unspecified atom stereocenters. The van der Waals surface area contributed by atoms with Gasteiger partial charge >= 0.3 is 5.82 Å². The van der Waals surface area contributed by atoms with Crippen molar-refractivity contribution in [2.45, 2.75) is 33.4 Å². The number of amides is 1. The van der Waals surface area contributed by atoms with Crippen LogP contribution in [0.1, 0.15) is 19.0 Å². The molecule has 2 heterocycles. The minimum Gasteiger partial charge on any atom is -0.358 e. The fourth-order valence-electron chi connectivity index (χ4n) is 1.89. The highest BCUT2D eigenvalue weighted by Crippen LogP contribution is 2.13. The number of hydrogen-bond donors (Lipinski definition) is 1. The summed E-state index contributed by atoms with van der Waals surface area (Å²) in [5.41, 5.74) is 1.56. The summed E-state index contributed by atoms with van der Waals surface area (Å²) < 4.78 is 3.16. The van der Waals surface area contributed by atoms with E-state index in [1.165, 1.54) is 16.9 Å². The van der Waals surface area contributed by atoms with Crippen molar-refractivity contribution >= 4 is 17.4 Å². The number of nitrogens with zero attached hydrogens (tertiary/aromatic N) is 5. The highest BCUT2D eigenvalue weighted by molar-refractivity contribution is 5.91. The summed E-state index contributed by atoms with van der Waals surface area (Å²) in [5.74, 6) is -0.414. The molecule has 2 aromatic heterocycles. The van der Waals surface area contributed by atoms with Gasteiger partial charge in [0.05, 0.1) is 41.5 Å². The third-order valence-corrected chi connectivity index (χ3v) is 3.06. The second kappa shape index (κ2) is 6.16. The molecule has 0 aliphatic carbocycles. The molecule has 1 N–H and O–H groups in total. The van der Waals surface area contributed by atoms with E-state index in [2.05, 4.69) is 15.5 Å². The topological polar surface area (TPSA) is 108 Å². The van der Waals surface area contributed by atoms with E-state index in [0.717, 1.165) is 12.2 Å². The van der Waals surface area contributed by atoms with Crippen LogP contribution in [0.15, 0.2) is 18.5 Å². The van der Waals surface area contributed by atoms with Gasteiger partial charge in [-0.15, -0.1) is 0 Å². The first-order valence-electron chi connectivity index (χ1n) is 6.51. The Labute approximate surface area is 120 Å². The first kappa shape index (κ1) is 14.7. The van der Waals surface area contributed by atoms with Crippen LogP contribution in [0, 0.1) is 17.0 Å². The van der Waals surface area contributed by atoms with Crippen LogP contribution in [0.3, 0.4) is 0 Å². The molecule has 2 aromatic rings. The van der Waals surface area contributed by atoms with Crippen LogP contribution in [0.4, 0.5) is 11.5 Å². The van der Waals surface area contributed by atoms with Gasteiger partial charge in [-0.1, -0.05) is 0 Å². The number of aryl methyl sites for hydroxylation is 2. The van der Waals surface area contributed by atoms with Gasteiger partial charge in [0.1, 0.15) is 0 Å². The lowest BCUT2D eigenvalue weighted by atomic mass is 10.3. The number of hydrogen-bond acceptors (Lipinski definition) is 5. The molecule has 2 rings (SSSR count). The van der Waals surface area contributed by atoms with Gasteiger partial charge in [0.2, 0.25) is 5.91 Å². The van der Waals surface area contributed by atoms with Gasteiger partial charge in [0.15, 0.2) is 0 Å². The molecule has 9 nitrogen and oxygen atoms in total. The molecule has 112 valence electrons. The van der Waals surface area contributed by atoms with Crippen LogP contribution in [0.5, 0.6) is 0 Å². The van der Waals surface area contributed by atoms with Gasteiger partial charge in [0, 0.05) is 13.0 Å². The summed E-state index contributed by atoms with van der Waals surface area (Å²) >= 11 is 0.